The highest BCUT2D eigenvalue weighted by molar-refractivity contribution is 7.92. The first-order valence-electron chi connectivity index (χ1n) is 13.8. The van der Waals surface area contributed by atoms with Crippen LogP contribution < -0.4 is 19.8 Å². The van der Waals surface area contributed by atoms with Gasteiger partial charge in [-0.2, -0.15) is 0 Å². The van der Waals surface area contributed by atoms with E-state index in [4.69, 9.17) is 0 Å². The molecule has 1 saturated heterocycles. The summed E-state index contributed by atoms with van der Waals surface area (Å²) in [6, 6.07) is 10.9. The molecule has 6 rings (SSSR count). The van der Waals surface area contributed by atoms with Crippen LogP contribution in [0.15, 0.2) is 36.4 Å². The zero-order valence-corrected chi connectivity index (χ0v) is 23.0. The summed E-state index contributed by atoms with van der Waals surface area (Å²) in [7, 11) is -1.61. The number of amides is 2. The third kappa shape index (κ3) is 4.25. The number of nitrogens with one attached hydrogen (secondary N) is 2. The highest BCUT2D eigenvalue weighted by Gasteiger charge is 2.51. The van der Waals surface area contributed by atoms with Gasteiger partial charge in [-0.05, 0) is 92.8 Å². The van der Waals surface area contributed by atoms with E-state index >= 15 is 0 Å². The van der Waals surface area contributed by atoms with Crippen LogP contribution in [0, 0.1) is 5.41 Å². The minimum atomic E-state index is -3.44. The second-order valence-corrected chi connectivity index (χ2v) is 13.6. The fourth-order valence-electron chi connectivity index (χ4n) is 6.69. The molecule has 8 nitrogen and oxygen atoms in total. The molecule has 0 bridgehead atoms. The van der Waals surface area contributed by atoms with Crippen LogP contribution in [0.25, 0.3) is 0 Å². The van der Waals surface area contributed by atoms with Gasteiger partial charge in [0.25, 0.3) is 5.91 Å². The minimum absolute atomic E-state index is 0.0195. The molecule has 3 fully saturated rings. The monoisotopic (exact) mass is 536 g/mol. The SMILES string of the molecule is CCS(=O)(=O)Nc1ccc(C(=O)Nc2ccc3c(c2)C2(CCCC2)C(=O)N3C)c(N2CCC3(CC2)CC3)c1. The predicted molar refractivity (Wildman–Crippen MR) is 151 cm³/mol. The summed E-state index contributed by atoms with van der Waals surface area (Å²) in [5.41, 5.74) is 4.33. The average Bonchev–Trinajstić information content (AvgIpc) is 3.40. The maximum Gasteiger partial charge on any atom is 0.257 e. The van der Waals surface area contributed by atoms with Crippen molar-refractivity contribution >= 4 is 44.6 Å². The molecule has 0 radical (unpaired) electrons. The lowest BCUT2D eigenvalue weighted by molar-refractivity contribution is -0.122. The lowest BCUT2D eigenvalue weighted by Crippen LogP contribution is -2.36. The molecule has 202 valence electrons. The standard InChI is InChI=1S/C29H36N4O4S/c1-3-38(36,37)31-21-6-8-22(25(19-21)33-16-14-28(12-13-28)15-17-33)26(34)30-20-7-9-24-23(18-20)29(10-4-5-11-29)27(35)32(24)2/h6-9,18-19,31H,3-5,10-17H2,1-2H3,(H,30,34). The Morgan fingerprint density at radius 1 is 0.921 bits per heavy atom. The molecule has 2 aliphatic carbocycles. The van der Waals surface area contributed by atoms with Crippen molar-refractivity contribution in [3.63, 3.8) is 0 Å². The fraction of sp³-hybridized carbons (Fsp3) is 0.517. The van der Waals surface area contributed by atoms with Gasteiger partial charge < -0.3 is 15.1 Å². The van der Waals surface area contributed by atoms with Crippen molar-refractivity contribution in [3.05, 3.63) is 47.5 Å². The van der Waals surface area contributed by atoms with Gasteiger partial charge in [0.15, 0.2) is 0 Å². The zero-order chi connectivity index (χ0) is 26.7. The van der Waals surface area contributed by atoms with E-state index in [9.17, 15) is 18.0 Å². The summed E-state index contributed by atoms with van der Waals surface area (Å²) in [4.78, 5) is 30.8. The van der Waals surface area contributed by atoms with Crippen LogP contribution in [0.5, 0.6) is 0 Å². The fourth-order valence-corrected chi connectivity index (χ4v) is 7.33. The lowest BCUT2D eigenvalue weighted by atomic mass is 9.80. The molecule has 2 saturated carbocycles. The van der Waals surface area contributed by atoms with Gasteiger partial charge in [-0.15, -0.1) is 0 Å². The number of carbonyl (C=O) groups is 2. The summed E-state index contributed by atoms with van der Waals surface area (Å²) in [5, 5.41) is 3.08. The van der Waals surface area contributed by atoms with Crippen LogP contribution in [0.1, 0.15) is 74.2 Å². The number of carbonyl (C=O) groups excluding carboxylic acids is 2. The molecule has 2 aliphatic heterocycles. The van der Waals surface area contributed by atoms with Gasteiger partial charge in [0, 0.05) is 31.5 Å². The second-order valence-electron chi connectivity index (χ2n) is 11.6. The molecule has 2 aromatic rings. The van der Waals surface area contributed by atoms with E-state index in [0.29, 0.717) is 22.4 Å². The molecule has 2 heterocycles. The molecule has 4 aliphatic rings. The minimum Gasteiger partial charge on any atom is -0.371 e. The zero-order valence-electron chi connectivity index (χ0n) is 22.2. The van der Waals surface area contributed by atoms with Crippen LogP contribution in [-0.4, -0.2) is 46.1 Å². The van der Waals surface area contributed by atoms with Gasteiger partial charge >= 0.3 is 0 Å². The molecule has 0 atom stereocenters. The number of fused-ring (bicyclic) bond motifs is 2. The summed E-state index contributed by atoms with van der Waals surface area (Å²) < 4.78 is 27.1. The van der Waals surface area contributed by atoms with Crippen molar-refractivity contribution in [3.8, 4) is 0 Å². The Balaban J connectivity index is 1.30. The highest BCUT2D eigenvalue weighted by Crippen LogP contribution is 2.54. The normalized spacial score (nSPS) is 21.2. The number of benzene rings is 2. The predicted octanol–water partition coefficient (Wildman–Crippen LogP) is 4.87. The van der Waals surface area contributed by atoms with Gasteiger partial charge in [0.1, 0.15) is 0 Å². The summed E-state index contributed by atoms with van der Waals surface area (Å²) >= 11 is 0. The van der Waals surface area contributed by atoms with Crippen LogP contribution >= 0.6 is 0 Å². The number of likely N-dealkylation sites (N-methyl/N-ethyl adjacent to an activating group) is 1. The second kappa shape index (κ2) is 9.00. The number of nitrogens with zero attached hydrogens (tertiary/aromatic N) is 2. The third-order valence-corrected chi connectivity index (χ3v) is 10.6. The maximum absolute atomic E-state index is 13.7. The van der Waals surface area contributed by atoms with Crippen molar-refractivity contribution in [2.75, 3.05) is 45.7 Å². The quantitative estimate of drug-likeness (QED) is 0.549. The van der Waals surface area contributed by atoms with Gasteiger partial charge in [-0.1, -0.05) is 12.8 Å². The van der Waals surface area contributed by atoms with E-state index in [1.54, 1.807) is 30.0 Å². The Morgan fingerprint density at radius 3 is 2.26 bits per heavy atom. The van der Waals surface area contributed by atoms with E-state index in [1.165, 1.54) is 12.8 Å². The van der Waals surface area contributed by atoms with Crippen molar-refractivity contribution in [1.82, 2.24) is 0 Å². The Morgan fingerprint density at radius 2 is 1.61 bits per heavy atom. The first-order valence-corrected chi connectivity index (χ1v) is 15.4. The Bertz CT molecular complexity index is 1400. The van der Waals surface area contributed by atoms with Crippen molar-refractivity contribution < 1.29 is 18.0 Å². The van der Waals surface area contributed by atoms with Crippen molar-refractivity contribution in [2.45, 2.75) is 63.7 Å². The van der Waals surface area contributed by atoms with E-state index in [-0.39, 0.29) is 17.6 Å². The highest BCUT2D eigenvalue weighted by atomic mass is 32.2. The van der Waals surface area contributed by atoms with Crippen LogP contribution in [0.3, 0.4) is 0 Å². The number of anilines is 4. The third-order valence-electron chi connectivity index (χ3n) is 9.32. The Labute approximate surface area is 224 Å². The van der Waals surface area contributed by atoms with Gasteiger partial charge in [-0.25, -0.2) is 8.42 Å². The molecule has 9 heteroatoms. The van der Waals surface area contributed by atoms with Gasteiger partial charge in [0.2, 0.25) is 15.9 Å². The maximum atomic E-state index is 13.7. The molecular weight excluding hydrogens is 500 g/mol. The van der Waals surface area contributed by atoms with E-state index in [1.807, 2.05) is 25.2 Å². The number of hydrogen-bond acceptors (Lipinski definition) is 5. The van der Waals surface area contributed by atoms with Crippen LogP contribution in [0.4, 0.5) is 22.7 Å². The average molecular weight is 537 g/mol. The van der Waals surface area contributed by atoms with Crippen molar-refractivity contribution in [2.24, 2.45) is 5.41 Å². The van der Waals surface area contributed by atoms with E-state index in [2.05, 4.69) is 14.9 Å². The van der Waals surface area contributed by atoms with Crippen LogP contribution in [-0.2, 0) is 20.2 Å². The molecule has 2 spiro atoms. The molecule has 2 N–H and O–H groups in total. The Hall–Kier alpha value is -3.07. The summed E-state index contributed by atoms with van der Waals surface area (Å²) in [6.45, 7) is 3.29. The largest absolute Gasteiger partial charge is 0.371 e. The molecule has 2 aromatic carbocycles. The number of piperidine rings is 1. The molecule has 2 amide bonds. The summed E-state index contributed by atoms with van der Waals surface area (Å²) in [5.74, 6) is -0.108. The van der Waals surface area contributed by atoms with Crippen LogP contribution in [0.2, 0.25) is 0 Å². The summed E-state index contributed by atoms with van der Waals surface area (Å²) in [6.07, 6.45) is 8.49. The first kappa shape index (κ1) is 25.2. The number of sulfonamides is 1. The first-order chi connectivity index (χ1) is 18.2. The molecular formula is C29H36N4O4S. The molecule has 38 heavy (non-hydrogen) atoms. The van der Waals surface area contributed by atoms with Gasteiger partial charge in [0.05, 0.1) is 28.1 Å². The van der Waals surface area contributed by atoms with E-state index < -0.39 is 15.4 Å². The molecule has 0 unspecified atom stereocenters. The topological polar surface area (TPSA) is 98.8 Å². The van der Waals surface area contributed by atoms with Gasteiger partial charge in [-0.3, -0.25) is 14.3 Å². The molecule has 0 aromatic heterocycles. The van der Waals surface area contributed by atoms with E-state index in [0.717, 1.165) is 68.6 Å². The van der Waals surface area contributed by atoms with Crippen molar-refractivity contribution in [1.29, 1.82) is 0 Å². The smallest absolute Gasteiger partial charge is 0.257 e. The number of rotatable bonds is 6. The Kier molecular flexibility index (Phi) is 5.98. The lowest BCUT2D eigenvalue weighted by Gasteiger charge is -2.35. The number of hydrogen-bond donors (Lipinski definition) is 2.